The molecule has 0 aliphatic heterocycles. The lowest BCUT2D eigenvalue weighted by atomic mass is 10.3. The molecule has 0 saturated carbocycles. The Bertz CT molecular complexity index is 219. The van der Waals surface area contributed by atoms with Gasteiger partial charge in [-0.15, -0.1) is 11.8 Å². The third-order valence-electron chi connectivity index (χ3n) is 1.35. The van der Waals surface area contributed by atoms with E-state index in [4.69, 9.17) is 4.42 Å². The minimum Gasteiger partial charge on any atom is -0.469 e. The molecule has 0 aromatic carbocycles. The van der Waals surface area contributed by atoms with Gasteiger partial charge in [-0.2, -0.15) is 25.3 Å². The van der Waals surface area contributed by atoms with Crippen LogP contribution in [0, 0.1) is 6.92 Å². The molecule has 0 saturated heterocycles. The standard InChI is InChI=1S/C7H10OS3/c1-5-6(2-3-8-5)4-11-7(9)10/h2-3,7,9-10H,4H2,1H3. The van der Waals surface area contributed by atoms with Crippen molar-refractivity contribution < 1.29 is 4.42 Å². The number of aryl methyl sites for hydroxylation is 1. The lowest BCUT2D eigenvalue weighted by Crippen LogP contribution is -1.83. The smallest absolute Gasteiger partial charge is 0.104 e. The second kappa shape index (κ2) is 4.38. The maximum Gasteiger partial charge on any atom is 0.104 e. The van der Waals surface area contributed by atoms with Crippen LogP contribution >= 0.6 is 37.0 Å². The van der Waals surface area contributed by atoms with Crippen LogP contribution in [0.2, 0.25) is 0 Å². The van der Waals surface area contributed by atoms with Gasteiger partial charge in [0.15, 0.2) is 0 Å². The van der Waals surface area contributed by atoms with Crippen LogP contribution in [0.25, 0.3) is 0 Å². The van der Waals surface area contributed by atoms with Crippen molar-refractivity contribution >= 4 is 37.0 Å². The van der Waals surface area contributed by atoms with Crippen molar-refractivity contribution in [3.63, 3.8) is 0 Å². The highest BCUT2D eigenvalue weighted by atomic mass is 32.2. The molecule has 1 rings (SSSR count). The monoisotopic (exact) mass is 206 g/mol. The Morgan fingerprint density at radius 2 is 2.36 bits per heavy atom. The number of rotatable bonds is 3. The van der Waals surface area contributed by atoms with Crippen molar-refractivity contribution in [1.82, 2.24) is 0 Å². The summed E-state index contributed by atoms with van der Waals surface area (Å²) in [5, 5.41) is 0. The Labute approximate surface area is 81.8 Å². The Morgan fingerprint density at radius 1 is 1.64 bits per heavy atom. The summed E-state index contributed by atoms with van der Waals surface area (Å²) in [6.45, 7) is 1.96. The summed E-state index contributed by atoms with van der Waals surface area (Å²) in [6, 6.07) is 1.98. The summed E-state index contributed by atoms with van der Waals surface area (Å²) < 4.78 is 5.22. The van der Waals surface area contributed by atoms with Crippen molar-refractivity contribution in [2.45, 2.75) is 16.6 Å². The summed E-state index contributed by atoms with van der Waals surface area (Å²) in [6.07, 6.45) is 1.71. The molecule has 1 heterocycles. The van der Waals surface area contributed by atoms with E-state index in [-0.39, 0.29) is 3.91 Å². The SMILES string of the molecule is Cc1occc1CSC(S)S. The molecule has 0 spiro atoms. The minimum atomic E-state index is 0.0873. The van der Waals surface area contributed by atoms with Gasteiger partial charge in [0.05, 0.1) is 10.2 Å². The highest BCUT2D eigenvalue weighted by Crippen LogP contribution is 2.24. The maximum absolute atomic E-state index is 5.13. The maximum atomic E-state index is 5.13. The summed E-state index contributed by atoms with van der Waals surface area (Å²) in [5.74, 6) is 1.90. The fourth-order valence-electron chi connectivity index (χ4n) is 0.725. The van der Waals surface area contributed by atoms with Gasteiger partial charge >= 0.3 is 0 Å². The van der Waals surface area contributed by atoms with Crippen LogP contribution in [0.1, 0.15) is 11.3 Å². The molecule has 11 heavy (non-hydrogen) atoms. The van der Waals surface area contributed by atoms with Gasteiger partial charge in [0.25, 0.3) is 0 Å². The second-order valence-electron chi connectivity index (χ2n) is 2.14. The van der Waals surface area contributed by atoms with Crippen molar-refractivity contribution in [2.24, 2.45) is 0 Å². The van der Waals surface area contributed by atoms with Crippen LogP contribution in [-0.2, 0) is 5.75 Å². The van der Waals surface area contributed by atoms with Gasteiger partial charge in [-0.05, 0) is 13.0 Å². The van der Waals surface area contributed by atoms with E-state index in [1.165, 1.54) is 5.56 Å². The average Bonchev–Trinajstić information content (AvgIpc) is 2.31. The Balaban J connectivity index is 2.44. The molecule has 4 heteroatoms. The molecule has 0 unspecified atom stereocenters. The van der Waals surface area contributed by atoms with Crippen molar-refractivity contribution in [3.05, 3.63) is 23.7 Å². The number of hydrogen-bond donors (Lipinski definition) is 2. The van der Waals surface area contributed by atoms with E-state index in [1.54, 1.807) is 18.0 Å². The number of thiol groups is 2. The average molecular weight is 206 g/mol. The summed E-state index contributed by atoms with van der Waals surface area (Å²) >= 11 is 9.95. The third-order valence-corrected chi connectivity index (χ3v) is 3.02. The molecular formula is C7H10OS3. The highest BCUT2D eigenvalue weighted by molar-refractivity contribution is 8.22. The molecule has 1 nitrogen and oxygen atoms in total. The minimum absolute atomic E-state index is 0.0873. The van der Waals surface area contributed by atoms with Crippen LogP contribution in [0.15, 0.2) is 16.7 Å². The quantitative estimate of drug-likeness (QED) is 0.583. The summed E-state index contributed by atoms with van der Waals surface area (Å²) in [7, 11) is 0. The van der Waals surface area contributed by atoms with Gasteiger partial charge in [-0.1, -0.05) is 0 Å². The molecule has 0 amide bonds. The number of furan rings is 1. The van der Waals surface area contributed by atoms with Crippen molar-refractivity contribution in [2.75, 3.05) is 0 Å². The topological polar surface area (TPSA) is 13.1 Å². The fraction of sp³-hybridized carbons (Fsp3) is 0.429. The molecule has 0 bridgehead atoms. The molecule has 0 radical (unpaired) electrons. The first kappa shape index (κ1) is 9.42. The largest absolute Gasteiger partial charge is 0.469 e. The van der Waals surface area contributed by atoms with Gasteiger partial charge < -0.3 is 4.42 Å². The Morgan fingerprint density at radius 3 is 2.82 bits per heavy atom. The number of hydrogen-bond acceptors (Lipinski definition) is 4. The van der Waals surface area contributed by atoms with Gasteiger partial charge in [-0.25, -0.2) is 0 Å². The van der Waals surface area contributed by atoms with Crippen LogP contribution in [0.3, 0.4) is 0 Å². The van der Waals surface area contributed by atoms with Crippen molar-refractivity contribution in [1.29, 1.82) is 0 Å². The van der Waals surface area contributed by atoms with Crippen LogP contribution in [0.4, 0.5) is 0 Å². The third kappa shape index (κ3) is 3.05. The first-order valence-corrected chi connectivity index (χ1v) is 5.29. The lowest BCUT2D eigenvalue weighted by molar-refractivity contribution is 0.531. The molecule has 62 valence electrons. The van der Waals surface area contributed by atoms with Gasteiger partial charge in [-0.3, -0.25) is 0 Å². The van der Waals surface area contributed by atoms with E-state index in [1.807, 2.05) is 13.0 Å². The molecule has 0 fully saturated rings. The first-order valence-electron chi connectivity index (χ1n) is 3.21. The van der Waals surface area contributed by atoms with Crippen LogP contribution < -0.4 is 0 Å². The first-order chi connectivity index (χ1) is 5.20. The van der Waals surface area contributed by atoms with Crippen LogP contribution in [-0.4, -0.2) is 3.91 Å². The zero-order valence-electron chi connectivity index (χ0n) is 6.15. The highest BCUT2D eigenvalue weighted by Gasteiger charge is 2.02. The molecule has 0 N–H and O–H groups in total. The van der Waals surface area contributed by atoms with Gasteiger partial charge in [0, 0.05) is 11.3 Å². The predicted molar refractivity (Wildman–Crippen MR) is 56.5 cm³/mol. The molecule has 0 aliphatic rings. The predicted octanol–water partition coefficient (Wildman–Crippen LogP) is 2.96. The zero-order valence-corrected chi connectivity index (χ0v) is 8.76. The Hall–Kier alpha value is 0.330. The summed E-state index contributed by atoms with van der Waals surface area (Å²) in [4.78, 5) is 0. The lowest BCUT2D eigenvalue weighted by Gasteiger charge is -2.00. The molecule has 0 atom stereocenters. The van der Waals surface area contributed by atoms with E-state index in [0.29, 0.717) is 0 Å². The zero-order chi connectivity index (χ0) is 8.27. The molecule has 1 aromatic rings. The fourth-order valence-corrected chi connectivity index (χ4v) is 1.80. The van der Waals surface area contributed by atoms with E-state index in [9.17, 15) is 0 Å². The Kier molecular flexibility index (Phi) is 3.75. The second-order valence-corrected chi connectivity index (χ2v) is 5.37. The van der Waals surface area contributed by atoms with Gasteiger partial charge in [0.1, 0.15) is 5.76 Å². The van der Waals surface area contributed by atoms with Gasteiger partial charge in [0.2, 0.25) is 0 Å². The van der Waals surface area contributed by atoms with E-state index in [0.717, 1.165) is 11.5 Å². The number of thioether (sulfide) groups is 1. The van der Waals surface area contributed by atoms with E-state index < -0.39 is 0 Å². The molecule has 0 aliphatic carbocycles. The molecule has 1 aromatic heterocycles. The van der Waals surface area contributed by atoms with E-state index >= 15 is 0 Å². The normalized spacial score (nSPS) is 10.9. The van der Waals surface area contributed by atoms with Crippen LogP contribution in [0.5, 0.6) is 0 Å². The van der Waals surface area contributed by atoms with E-state index in [2.05, 4.69) is 25.3 Å². The summed E-state index contributed by atoms with van der Waals surface area (Å²) in [5.41, 5.74) is 1.23. The molecular weight excluding hydrogens is 196 g/mol. The van der Waals surface area contributed by atoms with Crippen molar-refractivity contribution in [3.8, 4) is 0 Å².